The highest BCUT2D eigenvalue weighted by Gasteiger charge is 2.36. The van der Waals surface area contributed by atoms with Gasteiger partial charge in [-0.25, -0.2) is 0 Å². The molecule has 0 saturated carbocycles. The van der Waals surface area contributed by atoms with Gasteiger partial charge in [-0.05, 0) is 61.7 Å². The summed E-state index contributed by atoms with van der Waals surface area (Å²) in [4.78, 5) is 18.5. The number of methoxy groups -OCH3 is 1. The fourth-order valence-corrected chi connectivity index (χ4v) is 4.96. The zero-order valence-corrected chi connectivity index (χ0v) is 20.4. The van der Waals surface area contributed by atoms with Crippen LogP contribution in [0.3, 0.4) is 0 Å². The second-order valence-electron chi connectivity index (χ2n) is 9.73. The number of amides is 1. The molecule has 1 amide bonds. The Morgan fingerprint density at radius 3 is 2.32 bits per heavy atom. The van der Waals surface area contributed by atoms with Crippen LogP contribution in [0.2, 0.25) is 0 Å². The van der Waals surface area contributed by atoms with E-state index in [2.05, 4.69) is 29.0 Å². The lowest BCUT2D eigenvalue weighted by molar-refractivity contribution is -0.132. The molecule has 0 aliphatic carbocycles. The third-order valence-electron chi connectivity index (χ3n) is 6.74. The number of hydrogen-bond acceptors (Lipinski definition) is 6. The summed E-state index contributed by atoms with van der Waals surface area (Å²) < 4.78 is 10.9. The van der Waals surface area contributed by atoms with Crippen molar-refractivity contribution in [1.82, 2.24) is 14.7 Å². The molecular weight excluding hydrogens is 430 g/mol. The van der Waals surface area contributed by atoms with Gasteiger partial charge in [-0.2, -0.15) is 0 Å². The van der Waals surface area contributed by atoms with Crippen molar-refractivity contribution in [3.63, 3.8) is 0 Å². The van der Waals surface area contributed by atoms with Gasteiger partial charge in [-0.3, -0.25) is 14.6 Å². The Labute approximate surface area is 202 Å². The number of hydrogen-bond donors (Lipinski definition) is 1. The molecule has 2 aliphatic heterocycles. The molecule has 7 heteroatoms. The van der Waals surface area contributed by atoms with E-state index in [4.69, 9.17) is 9.47 Å². The molecule has 0 bridgehead atoms. The summed E-state index contributed by atoms with van der Waals surface area (Å²) >= 11 is 0. The Morgan fingerprint density at radius 2 is 1.65 bits per heavy atom. The van der Waals surface area contributed by atoms with Crippen molar-refractivity contribution in [2.45, 2.75) is 38.0 Å². The highest BCUT2D eigenvalue weighted by Crippen LogP contribution is 2.25. The normalized spacial score (nSPS) is 20.8. The molecule has 0 radical (unpaired) electrons. The second kappa shape index (κ2) is 11.2. The molecular formula is C27H37N3O4. The van der Waals surface area contributed by atoms with Gasteiger partial charge in [-0.15, -0.1) is 0 Å². The topological polar surface area (TPSA) is 65.5 Å². The van der Waals surface area contributed by atoms with Gasteiger partial charge in [0.25, 0.3) is 5.91 Å². The van der Waals surface area contributed by atoms with Crippen LogP contribution in [0.4, 0.5) is 0 Å². The van der Waals surface area contributed by atoms with Gasteiger partial charge < -0.3 is 19.5 Å². The van der Waals surface area contributed by atoms with E-state index in [9.17, 15) is 9.90 Å². The molecule has 7 nitrogen and oxygen atoms in total. The van der Waals surface area contributed by atoms with Crippen molar-refractivity contribution < 1.29 is 19.4 Å². The maximum atomic E-state index is 12.1. The summed E-state index contributed by atoms with van der Waals surface area (Å²) in [7, 11) is 3.72. The van der Waals surface area contributed by atoms with Crippen LogP contribution in [0.5, 0.6) is 11.5 Å². The van der Waals surface area contributed by atoms with E-state index in [1.165, 1.54) is 11.1 Å². The lowest BCUT2D eigenvalue weighted by Crippen LogP contribution is -2.43. The molecule has 4 rings (SSSR count). The zero-order chi connectivity index (χ0) is 24.0. The first-order valence-corrected chi connectivity index (χ1v) is 12.2. The number of β-amino-alcohol motifs (C(OH)–C–C–N with tert-alkyl or cyclic N) is 1. The maximum absolute atomic E-state index is 12.1. The molecule has 2 fully saturated rings. The van der Waals surface area contributed by atoms with E-state index in [-0.39, 0.29) is 12.5 Å². The Balaban J connectivity index is 1.21. The number of rotatable bonds is 10. The number of likely N-dealkylation sites (N-methyl/N-ethyl adjacent to an activating group) is 1. The number of ether oxygens (including phenoxy) is 2. The molecule has 2 aromatic rings. The van der Waals surface area contributed by atoms with Crippen LogP contribution >= 0.6 is 0 Å². The molecule has 2 aliphatic rings. The van der Waals surface area contributed by atoms with Gasteiger partial charge in [0.15, 0.2) is 6.61 Å². The highest BCUT2D eigenvalue weighted by molar-refractivity contribution is 5.78. The van der Waals surface area contributed by atoms with Gasteiger partial charge in [0.2, 0.25) is 0 Å². The van der Waals surface area contributed by atoms with Crippen molar-refractivity contribution in [3.8, 4) is 11.5 Å². The van der Waals surface area contributed by atoms with Crippen LogP contribution < -0.4 is 9.47 Å². The number of carbonyl (C=O) groups excluding carboxylic acids is 1. The summed E-state index contributed by atoms with van der Waals surface area (Å²) in [6.07, 6.45) is 2.94. The Kier molecular flexibility index (Phi) is 8.08. The van der Waals surface area contributed by atoms with Gasteiger partial charge in [-0.1, -0.05) is 24.3 Å². The number of nitrogens with zero attached hydrogens (tertiary/aromatic N) is 3. The second-order valence-corrected chi connectivity index (χ2v) is 9.73. The van der Waals surface area contributed by atoms with E-state index < -0.39 is 5.60 Å². The fraction of sp³-hybridized carbons (Fsp3) is 0.519. The van der Waals surface area contributed by atoms with Crippen LogP contribution in [-0.4, -0.2) is 84.8 Å². The van der Waals surface area contributed by atoms with Crippen LogP contribution in [0, 0.1) is 0 Å². The Morgan fingerprint density at radius 1 is 1.00 bits per heavy atom. The lowest BCUT2D eigenvalue weighted by Gasteiger charge is -2.29. The predicted molar refractivity (Wildman–Crippen MR) is 132 cm³/mol. The standard InChI is InChI=1S/C27H37N3O4/c1-28(17-22-5-9-24(33-2)10-6-22)20-27(32)13-16-29(21-27)18-23-7-11-25(12-8-23)34-19-26(31)30-14-3-4-15-30/h5-12,32H,3-4,13-21H2,1-2H3/t27-/m1/s1. The Hall–Kier alpha value is -2.61. The maximum Gasteiger partial charge on any atom is 0.260 e. The fourth-order valence-electron chi connectivity index (χ4n) is 4.96. The molecule has 0 unspecified atom stereocenters. The molecule has 2 saturated heterocycles. The van der Waals surface area contributed by atoms with Crippen LogP contribution in [0.15, 0.2) is 48.5 Å². The first-order chi connectivity index (χ1) is 16.4. The summed E-state index contributed by atoms with van der Waals surface area (Å²) in [5, 5.41) is 11.2. The third kappa shape index (κ3) is 6.72. The summed E-state index contributed by atoms with van der Waals surface area (Å²) in [6.45, 7) is 5.53. The first-order valence-electron chi connectivity index (χ1n) is 12.2. The molecule has 0 spiro atoms. The monoisotopic (exact) mass is 467 g/mol. The SMILES string of the molecule is COc1ccc(CN(C)C[C@]2(O)CCN(Cc3ccc(OCC(=O)N4CCCC4)cc3)C2)cc1. The summed E-state index contributed by atoms with van der Waals surface area (Å²) in [5.74, 6) is 1.64. The molecule has 2 aromatic carbocycles. The number of aliphatic hydroxyl groups is 1. The first kappa shape index (κ1) is 24.5. The number of carbonyl (C=O) groups is 1. The van der Waals surface area contributed by atoms with Gasteiger partial charge in [0.1, 0.15) is 11.5 Å². The van der Waals surface area contributed by atoms with E-state index in [1.54, 1.807) is 7.11 Å². The van der Waals surface area contributed by atoms with Crippen LogP contribution in [0.1, 0.15) is 30.4 Å². The van der Waals surface area contributed by atoms with E-state index in [0.717, 1.165) is 63.5 Å². The van der Waals surface area contributed by atoms with E-state index >= 15 is 0 Å². The minimum Gasteiger partial charge on any atom is -0.497 e. The molecule has 34 heavy (non-hydrogen) atoms. The molecule has 0 aromatic heterocycles. The largest absolute Gasteiger partial charge is 0.497 e. The summed E-state index contributed by atoms with van der Waals surface area (Å²) in [6, 6.07) is 16.0. The lowest BCUT2D eigenvalue weighted by atomic mass is 10.0. The predicted octanol–water partition coefficient (Wildman–Crippen LogP) is 2.77. The van der Waals surface area contributed by atoms with Crippen LogP contribution in [-0.2, 0) is 17.9 Å². The number of likely N-dealkylation sites (tertiary alicyclic amines) is 2. The van der Waals surface area contributed by atoms with Gasteiger partial charge in [0.05, 0.1) is 12.7 Å². The van der Waals surface area contributed by atoms with Crippen LogP contribution in [0.25, 0.3) is 0 Å². The molecule has 1 N–H and O–H groups in total. The van der Waals surface area contributed by atoms with E-state index in [0.29, 0.717) is 13.1 Å². The van der Waals surface area contributed by atoms with Crippen molar-refractivity contribution >= 4 is 5.91 Å². The smallest absolute Gasteiger partial charge is 0.260 e. The highest BCUT2D eigenvalue weighted by atomic mass is 16.5. The van der Waals surface area contributed by atoms with Crippen molar-refractivity contribution in [3.05, 3.63) is 59.7 Å². The molecule has 1 atom stereocenters. The van der Waals surface area contributed by atoms with Gasteiger partial charge in [0, 0.05) is 45.8 Å². The number of benzene rings is 2. The molecule has 2 heterocycles. The van der Waals surface area contributed by atoms with Crippen molar-refractivity contribution in [2.24, 2.45) is 0 Å². The van der Waals surface area contributed by atoms with Gasteiger partial charge >= 0.3 is 0 Å². The average Bonchev–Trinajstić information content (AvgIpc) is 3.49. The quantitative estimate of drug-likeness (QED) is 0.580. The minimum atomic E-state index is -0.708. The third-order valence-corrected chi connectivity index (χ3v) is 6.74. The van der Waals surface area contributed by atoms with E-state index in [1.807, 2.05) is 41.3 Å². The molecule has 184 valence electrons. The summed E-state index contributed by atoms with van der Waals surface area (Å²) in [5.41, 5.74) is 1.67. The van der Waals surface area contributed by atoms with Crippen molar-refractivity contribution in [2.75, 3.05) is 53.5 Å². The average molecular weight is 468 g/mol. The Bertz CT molecular complexity index is 928. The van der Waals surface area contributed by atoms with Crippen molar-refractivity contribution in [1.29, 1.82) is 0 Å². The minimum absolute atomic E-state index is 0.0647. The zero-order valence-electron chi connectivity index (χ0n) is 20.4.